The van der Waals surface area contributed by atoms with Gasteiger partial charge in [0.2, 0.25) is 0 Å². The molecule has 116 valence electrons. The molecular formula is C19H23NOS. The van der Waals surface area contributed by atoms with Crippen molar-refractivity contribution in [1.29, 1.82) is 0 Å². The lowest BCUT2D eigenvalue weighted by Gasteiger charge is -2.26. The third-order valence-electron chi connectivity index (χ3n) is 4.29. The van der Waals surface area contributed by atoms with E-state index in [2.05, 4.69) is 32.0 Å². The molecule has 0 saturated carbocycles. The van der Waals surface area contributed by atoms with E-state index in [9.17, 15) is 4.79 Å². The second-order valence-corrected chi connectivity index (χ2v) is 7.42. The van der Waals surface area contributed by atoms with E-state index in [4.69, 9.17) is 0 Å². The number of carbonyl (C=O) groups excluding carboxylic acids is 1. The molecule has 0 fully saturated rings. The van der Waals surface area contributed by atoms with Gasteiger partial charge in [0.15, 0.2) is 0 Å². The van der Waals surface area contributed by atoms with Crippen LogP contribution in [0.1, 0.15) is 52.4 Å². The highest BCUT2D eigenvalue weighted by molar-refractivity contribution is 7.14. The Morgan fingerprint density at radius 2 is 1.91 bits per heavy atom. The van der Waals surface area contributed by atoms with Crippen molar-refractivity contribution in [2.75, 3.05) is 0 Å². The van der Waals surface area contributed by atoms with Crippen LogP contribution in [0.15, 0.2) is 36.4 Å². The molecule has 3 heteroatoms. The molecule has 1 amide bonds. The predicted molar refractivity (Wildman–Crippen MR) is 92.4 cm³/mol. The fraction of sp³-hybridized carbons (Fsp3) is 0.421. The molecule has 0 saturated heterocycles. The Morgan fingerprint density at radius 3 is 2.59 bits per heavy atom. The number of amides is 1. The number of hydrogen-bond acceptors (Lipinski definition) is 2. The van der Waals surface area contributed by atoms with Crippen LogP contribution in [-0.2, 0) is 19.4 Å². The molecule has 0 N–H and O–H groups in total. The first-order valence-corrected chi connectivity index (χ1v) is 8.93. The van der Waals surface area contributed by atoms with Gasteiger partial charge in [-0.2, -0.15) is 0 Å². The number of rotatable bonds is 4. The highest BCUT2D eigenvalue weighted by atomic mass is 32.1. The molecule has 0 spiro atoms. The molecule has 1 heterocycles. The van der Waals surface area contributed by atoms with Gasteiger partial charge in [-0.05, 0) is 56.7 Å². The first-order chi connectivity index (χ1) is 10.6. The molecule has 1 aliphatic carbocycles. The molecule has 3 rings (SSSR count). The molecule has 0 aliphatic heterocycles. The zero-order valence-corrected chi connectivity index (χ0v) is 14.2. The van der Waals surface area contributed by atoms with Gasteiger partial charge in [0.1, 0.15) is 0 Å². The van der Waals surface area contributed by atoms with E-state index in [1.807, 2.05) is 23.1 Å². The molecule has 0 unspecified atom stereocenters. The summed E-state index contributed by atoms with van der Waals surface area (Å²) in [4.78, 5) is 17.3. The SMILES string of the molecule is CC(C)N(Cc1ccccc1)C(=O)c1cc2c(s1)CCCC2. The smallest absolute Gasteiger partial charge is 0.264 e. The number of carbonyl (C=O) groups is 1. The maximum absolute atomic E-state index is 12.9. The fourth-order valence-corrected chi connectivity index (χ4v) is 4.22. The van der Waals surface area contributed by atoms with Gasteiger partial charge in [-0.15, -0.1) is 11.3 Å². The molecular weight excluding hydrogens is 290 g/mol. The van der Waals surface area contributed by atoms with Gasteiger partial charge in [-0.25, -0.2) is 0 Å². The van der Waals surface area contributed by atoms with Crippen LogP contribution in [0.3, 0.4) is 0 Å². The van der Waals surface area contributed by atoms with Crippen molar-refractivity contribution in [2.45, 2.75) is 52.1 Å². The number of fused-ring (bicyclic) bond motifs is 1. The molecule has 0 atom stereocenters. The van der Waals surface area contributed by atoms with Crippen molar-refractivity contribution in [3.63, 3.8) is 0 Å². The van der Waals surface area contributed by atoms with Crippen LogP contribution in [0.2, 0.25) is 0 Å². The largest absolute Gasteiger partial charge is 0.331 e. The first-order valence-electron chi connectivity index (χ1n) is 8.11. The van der Waals surface area contributed by atoms with E-state index in [-0.39, 0.29) is 11.9 Å². The van der Waals surface area contributed by atoms with Gasteiger partial charge in [0, 0.05) is 17.5 Å². The van der Waals surface area contributed by atoms with Crippen LogP contribution in [0.5, 0.6) is 0 Å². The van der Waals surface area contributed by atoms with Gasteiger partial charge < -0.3 is 4.90 Å². The summed E-state index contributed by atoms with van der Waals surface area (Å²) in [5.41, 5.74) is 2.59. The van der Waals surface area contributed by atoms with Crippen molar-refractivity contribution in [3.8, 4) is 0 Å². The quantitative estimate of drug-likeness (QED) is 0.802. The summed E-state index contributed by atoms with van der Waals surface area (Å²) in [5, 5.41) is 0. The summed E-state index contributed by atoms with van der Waals surface area (Å²) in [6, 6.07) is 12.6. The number of thiophene rings is 1. The highest BCUT2D eigenvalue weighted by Gasteiger charge is 2.23. The number of benzene rings is 1. The lowest BCUT2D eigenvalue weighted by atomic mass is 9.99. The summed E-state index contributed by atoms with van der Waals surface area (Å²) in [6.07, 6.45) is 4.81. The molecule has 0 bridgehead atoms. The second kappa shape index (κ2) is 6.66. The average molecular weight is 313 g/mol. The minimum absolute atomic E-state index is 0.179. The zero-order chi connectivity index (χ0) is 15.5. The maximum atomic E-state index is 12.9. The summed E-state index contributed by atoms with van der Waals surface area (Å²) < 4.78 is 0. The monoisotopic (exact) mass is 313 g/mol. The van der Waals surface area contributed by atoms with E-state index < -0.39 is 0 Å². The van der Waals surface area contributed by atoms with E-state index in [1.54, 1.807) is 11.3 Å². The average Bonchev–Trinajstić information content (AvgIpc) is 2.97. The Kier molecular flexibility index (Phi) is 4.63. The Hall–Kier alpha value is -1.61. The zero-order valence-electron chi connectivity index (χ0n) is 13.3. The normalized spacial score (nSPS) is 14.0. The highest BCUT2D eigenvalue weighted by Crippen LogP contribution is 2.31. The van der Waals surface area contributed by atoms with E-state index in [0.29, 0.717) is 6.54 Å². The molecule has 22 heavy (non-hydrogen) atoms. The summed E-state index contributed by atoms with van der Waals surface area (Å²) >= 11 is 1.71. The van der Waals surface area contributed by atoms with Crippen molar-refractivity contribution in [2.24, 2.45) is 0 Å². The van der Waals surface area contributed by atoms with Crippen molar-refractivity contribution < 1.29 is 4.79 Å². The second-order valence-electron chi connectivity index (χ2n) is 6.28. The minimum atomic E-state index is 0.179. The fourth-order valence-electron chi connectivity index (χ4n) is 3.01. The first kappa shape index (κ1) is 15.3. The Labute approximate surface area is 136 Å². The van der Waals surface area contributed by atoms with Gasteiger partial charge in [0.25, 0.3) is 5.91 Å². The molecule has 2 aromatic rings. The van der Waals surface area contributed by atoms with Gasteiger partial charge in [0.05, 0.1) is 4.88 Å². The van der Waals surface area contributed by atoms with Crippen molar-refractivity contribution >= 4 is 17.2 Å². The number of aryl methyl sites for hydroxylation is 2. The molecule has 1 aliphatic rings. The van der Waals surface area contributed by atoms with Crippen LogP contribution >= 0.6 is 11.3 Å². The standard InChI is InChI=1S/C19H23NOS/c1-14(2)20(13-15-8-4-3-5-9-15)19(21)18-12-16-10-6-7-11-17(16)22-18/h3-5,8-9,12,14H,6-7,10-11,13H2,1-2H3. The van der Waals surface area contributed by atoms with Crippen molar-refractivity contribution in [1.82, 2.24) is 4.90 Å². The predicted octanol–water partition coefficient (Wildman–Crippen LogP) is 4.68. The summed E-state index contributed by atoms with van der Waals surface area (Å²) in [7, 11) is 0. The van der Waals surface area contributed by atoms with Crippen molar-refractivity contribution in [3.05, 3.63) is 57.3 Å². The molecule has 1 aromatic heterocycles. The summed E-state index contributed by atoms with van der Waals surface area (Å²) in [6.45, 7) is 4.86. The van der Waals surface area contributed by atoms with Gasteiger partial charge in [-0.3, -0.25) is 4.79 Å². The summed E-state index contributed by atoms with van der Waals surface area (Å²) in [5.74, 6) is 0.179. The van der Waals surface area contributed by atoms with E-state index >= 15 is 0 Å². The van der Waals surface area contributed by atoms with Crippen LogP contribution in [0.25, 0.3) is 0 Å². The van der Waals surface area contributed by atoms with Crippen LogP contribution in [-0.4, -0.2) is 16.8 Å². The van der Waals surface area contributed by atoms with Gasteiger partial charge in [-0.1, -0.05) is 30.3 Å². The van der Waals surface area contributed by atoms with Gasteiger partial charge >= 0.3 is 0 Å². The Morgan fingerprint density at radius 1 is 1.18 bits per heavy atom. The molecule has 0 radical (unpaired) electrons. The van der Waals surface area contributed by atoms with E-state index in [0.717, 1.165) is 17.7 Å². The van der Waals surface area contributed by atoms with Crippen LogP contribution in [0.4, 0.5) is 0 Å². The lowest BCUT2D eigenvalue weighted by Crippen LogP contribution is -2.35. The third-order valence-corrected chi connectivity index (χ3v) is 5.51. The van der Waals surface area contributed by atoms with Crippen LogP contribution < -0.4 is 0 Å². The van der Waals surface area contributed by atoms with Crippen LogP contribution in [0, 0.1) is 0 Å². The number of nitrogens with zero attached hydrogens (tertiary/aromatic N) is 1. The minimum Gasteiger partial charge on any atom is -0.331 e. The van der Waals surface area contributed by atoms with E-state index in [1.165, 1.54) is 28.8 Å². The maximum Gasteiger partial charge on any atom is 0.264 e. The third kappa shape index (κ3) is 3.25. The number of hydrogen-bond donors (Lipinski definition) is 0. The topological polar surface area (TPSA) is 20.3 Å². The lowest BCUT2D eigenvalue weighted by molar-refractivity contribution is 0.0695. The molecule has 2 nitrogen and oxygen atoms in total. The molecule has 1 aromatic carbocycles. The Bertz CT molecular complexity index is 621. The Balaban J connectivity index is 1.82.